The summed E-state index contributed by atoms with van der Waals surface area (Å²) < 4.78 is 4.87. The lowest BCUT2D eigenvalue weighted by molar-refractivity contribution is -0.117. The zero-order chi connectivity index (χ0) is 12.7. The first-order valence-corrected chi connectivity index (χ1v) is 6.37. The maximum atomic E-state index is 11.4. The number of nitrogens with two attached hydrogens (primary N) is 1. The van der Waals surface area contributed by atoms with Gasteiger partial charge in [0.05, 0.1) is 12.0 Å². The van der Waals surface area contributed by atoms with Crippen LogP contribution in [0.25, 0.3) is 0 Å². The molecule has 0 aliphatic carbocycles. The van der Waals surface area contributed by atoms with E-state index in [-0.39, 0.29) is 17.4 Å². The number of carbonyl (C=O) groups excluding carboxylic acids is 2. The third-order valence-corrected chi connectivity index (χ3v) is 3.30. The molecule has 1 atom stereocenters. The Morgan fingerprint density at radius 1 is 1.59 bits per heavy atom. The van der Waals surface area contributed by atoms with Crippen LogP contribution in [0.2, 0.25) is 0 Å². The Labute approximate surface area is 104 Å². The fraction of sp³-hybridized carbons (Fsp3) is 0.455. The highest BCUT2D eigenvalue weighted by Crippen LogP contribution is 2.12. The van der Waals surface area contributed by atoms with E-state index in [1.54, 1.807) is 6.07 Å². The van der Waals surface area contributed by atoms with Gasteiger partial charge in [-0.15, -0.1) is 11.8 Å². The highest BCUT2D eigenvalue weighted by atomic mass is 32.2. The molecule has 3 N–H and O–H groups in total. The first kappa shape index (κ1) is 13.8. The smallest absolute Gasteiger partial charge is 0.293 e. The van der Waals surface area contributed by atoms with Crippen LogP contribution >= 0.6 is 11.8 Å². The molecule has 0 saturated carbocycles. The number of carbonyl (C=O) groups is 2. The van der Waals surface area contributed by atoms with E-state index >= 15 is 0 Å². The molecular weight excluding hydrogens is 240 g/mol. The summed E-state index contributed by atoms with van der Waals surface area (Å²) in [7, 11) is 0. The summed E-state index contributed by atoms with van der Waals surface area (Å²) in [4.78, 5) is 22.9. The van der Waals surface area contributed by atoms with Crippen molar-refractivity contribution in [2.24, 2.45) is 5.73 Å². The molecule has 0 fully saturated rings. The molecular formula is C11H16N2O3S. The van der Waals surface area contributed by atoms with Gasteiger partial charge in [-0.3, -0.25) is 14.9 Å². The van der Waals surface area contributed by atoms with Gasteiger partial charge in [0.15, 0.2) is 5.76 Å². The first-order chi connectivity index (χ1) is 8.13. The van der Waals surface area contributed by atoms with Crippen LogP contribution in [0.5, 0.6) is 0 Å². The lowest BCUT2D eigenvalue weighted by atomic mass is 10.3. The largest absolute Gasteiger partial charge is 0.459 e. The Hall–Kier alpha value is -1.27. The summed E-state index contributed by atoms with van der Waals surface area (Å²) in [5.41, 5.74) is 5.40. The number of imide groups is 1. The monoisotopic (exact) mass is 256 g/mol. The third-order valence-electron chi connectivity index (χ3n) is 2.07. The lowest BCUT2D eigenvalue weighted by Crippen LogP contribution is -2.32. The van der Waals surface area contributed by atoms with Gasteiger partial charge in [0.1, 0.15) is 0 Å². The zero-order valence-electron chi connectivity index (χ0n) is 9.64. The van der Waals surface area contributed by atoms with Crippen LogP contribution in [-0.2, 0) is 4.79 Å². The molecule has 1 heterocycles. The lowest BCUT2D eigenvalue weighted by Gasteiger charge is -2.08. The normalized spacial score (nSPS) is 12.1. The maximum absolute atomic E-state index is 11.4. The Balaban J connectivity index is 2.28. The Bertz CT molecular complexity index is 365. The Kier molecular flexibility index (Phi) is 5.79. The summed E-state index contributed by atoms with van der Waals surface area (Å²) in [6, 6.07) is 3.10. The van der Waals surface area contributed by atoms with Crippen molar-refractivity contribution in [3.05, 3.63) is 24.2 Å². The maximum Gasteiger partial charge on any atom is 0.293 e. The molecule has 94 valence electrons. The number of nitrogens with one attached hydrogen (secondary N) is 1. The van der Waals surface area contributed by atoms with Gasteiger partial charge in [-0.25, -0.2) is 0 Å². The summed E-state index contributed by atoms with van der Waals surface area (Å²) in [5, 5.41) is 2.57. The van der Waals surface area contributed by atoms with Crippen molar-refractivity contribution in [2.75, 3.05) is 12.3 Å². The van der Waals surface area contributed by atoms with E-state index in [4.69, 9.17) is 10.2 Å². The Morgan fingerprint density at radius 2 is 2.35 bits per heavy atom. The van der Waals surface area contributed by atoms with E-state index in [2.05, 4.69) is 5.32 Å². The summed E-state index contributed by atoms with van der Waals surface area (Å²) in [6.07, 6.45) is 2.24. The number of amides is 2. The van der Waals surface area contributed by atoms with Crippen molar-refractivity contribution in [1.29, 1.82) is 0 Å². The molecule has 0 aliphatic rings. The molecule has 2 amide bonds. The van der Waals surface area contributed by atoms with Gasteiger partial charge in [-0.1, -0.05) is 6.92 Å². The quantitative estimate of drug-likeness (QED) is 0.793. The molecule has 0 spiro atoms. The first-order valence-electron chi connectivity index (χ1n) is 5.33. The van der Waals surface area contributed by atoms with Crippen LogP contribution < -0.4 is 11.1 Å². The van der Waals surface area contributed by atoms with E-state index in [1.165, 1.54) is 24.1 Å². The molecule has 0 bridgehead atoms. The molecule has 1 unspecified atom stereocenters. The Morgan fingerprint density at radius 3 is 2.94 bits per heavy atom. The van der Waals surface area contributed by atoms with Crippen molar-refractivity contribution >= 4 is 23.6 Å². The predicted molar refractivity (Wildman–Crippen MR) is 66.8 cm³/mol. The van der Waals surface area contributed by atoms with Crippen LogP contribution in [-0.4, -0.2) is 29.4 Å². The zero-order valence-corrected chi connectivity index (χ0v) is 10.5. The summed E-state index contributed by atoms with van der Waals surface area (Å²) in [6.45, 7) is 2.60. The highest BCUT2D eigenvalue weighted by Gasteiger charge is 2.13. The fourth-order valence-corrected chi connectivity index (χ4v) is 1.98. The van der Waals surface area contributed by atoms with E-state index in [9.17, 15) is 9.59 Å². The minimum Gasteiger partial charge on any atom is -0.459 e. The predicted octanol–water partition coefficient (Wildman–Crippen LogP) is 1.01. The molecule has 1 rings (SSSR count). The molecule has 1 aromatic heterocycles. The number of rotatable bonds is 6. The summed E-state index contributed by atoms with van der Waals surface area (Å²) >= 11 is 1.47. The van der Waals surface area contributed by atoms with Crippen LogP contribution in [0.3, 0.4) is 0 Å². The fourth-order valence-electron chi connectivity index (χ4n) is 1.17. The average Bonchev–Trinajstić information content (AvgIpc) is 2.80. The van der Waals surface area contributed by atoms with Crippen molar-refractivity contribution in [1.82, 2.24) is 5.32 Å². The molecule has 17 heavy (non-hydrogen) atoms. The van der Waals surface area contributed by atoms with Crippen molar-refractivity contribution in [3.8, 4) is 0 Å². The van der Waals surface area contributed by atoms with Gasteiger partial charge < -0.3 is 10.2 Å². The molecule has 0 aromatic carbocycles. The van der Waals surface area contributed by atoms with Gasteiger partial charge in [0, 0.05) is 5.25 Å². The second-order valence-corrected chi connectivity index (χ2v) is 4.98. The number of thioether (sulfide) groups is 1. The standard InChI is InChI=1S/C11H16N2O3S/c1-8(4-5-12)17-7-10(14)13-11(15)9-3-2-6-16-9/h2-3,6,8H,4-5,7,12H2,1H3,(H,13,14,15). The van der Waals surface area contributed by atoms with Crippen LogP contribution in [0.15, 0.2) is 22.8 Å². The van der Waals surface area contributed by atoms with E-state index in [0.717, 1.165) is 6.42 Å². The van der Waals surface area contributed by atoms with Gasteiger partial charge in [-0.2, -0.15) is 0 Å². The average molecular weight is 256 g/mol. The van der Waals surface area contributed by atoms with E-state index in [0.29, 0.717) is 11.8 Å². The molecule has 1 aromatic rings. The topological polar surface area (TPSA) is 85.3 Å². The molecule has 5 nitrogen and oxygen atoms in total. The third kappa shape index (κ3) is 5.06. The summed E-state index contributed by atoms with van der Waals surface area (Å²) in [5.74, 6) is -0.445. The van der Waals surface area contributed by atoms with Crippen molar-refractivity contribution < 1.29 is 14.0 Å². The van der Waals surface area contributed by atoms with Crippen molar-refractivity contribution in [3.63, 3.8) is 0 Å². The van der Waals surface area contributed by atoms with Gasteiger partial charge >= 0.3 is 0 Å². The van der Waals surface area contributed by atoms with Crippen LogP contribution in [0.1, 0.15) is 23.9 Å². The second-order valence-electron chi connectivity index (χ2n) is 3.55. The SMILES string of the molecule is CC(CCN)SCC(=O)NC(=O)c1ccco1. The molecule has 0 saturated heterocycles. The minimum absolute atomic E-state index is 0.137. The highest BCUT2D eigenvalue weighted by molar-refractivity contribution is 8.00. The molecule has 0 radical (unpaired) electrons. The van der Waals surface area contributed by atoms with E-state index < -0.39 is 5.91 Å². The number of hydrogen-bond acceptors (Lipinski definition) is 5. The molecule has 6 heteroatoms. The van der Waals surface area contributed by atoms with E-state index in [1.807, 2.05) is 6.92 Å². The number of hydrogen-bond donors (Lipinski definition) is 2. The van der Waals surface area contributed by atoms with Crippen LogP contribution in [0.4, 0.5) is 0 Å². The van der Waals surface area contributed by atoms with Gasteiger partial charge in [0.2, 0.25) is 5.91 Å². The number of furan rings is 1. The van der Waals surface area contributed by atoms with Gasteiger partial charge in [-0.05, 0) is 25.1 Å². The minimum atomic E-state index is -0.507. The van der Waals surface area contributed by atoms with Crippen molar-refractivity contribution in [2.45, 2.75) is 18.6 Å². The molecule has 0 aliphatic heterocycles. The van der Waals surface area contributed by atoms with Gasteiger partial charge in [0.25, 0.3) is 5.91 Å². The second kappa shape index (κ2) is 7.13. The van der Waals surface area contributed by atoms with Crippen LogP contribution in [0, 0.1) is 0 Å².